The molecule has 0 radical (unpaired) electrons. The molecule has 0 aliphatic heterocycles. The van der Waals surface area contributed by atoms with Crippen molar-refractivity contribution in [2.24, 2.45) is 0 Å². The average molecular weight is 218 g/mol. The fourth-order valence-electron chi connectivity index (χ4n) is 0.749. The predicted molar refractivity (Wildman–Crippen MR) is 59.9 cm³/mol. The van der Waals surface area contributed by atoms with Gasteiger partial charge in [0, 0.05) is 11.1 Å². The third-order valence-corrected chi connectivity index (χ3v) is 4.52. The van der Waals surface area contributed by atoms with Crippen LogP contribution in [-0.4, -0.2) is 16.7 Å². The molecular weight excluding hydrogens is 208 g/mol. The first-order chi connectivity index (χ1) is 5.74. The molecular formula is C8H10OS3. The van der Waals surface area contributed by atoms with E-state index in [1.807, 2.05) is 29.8 Å². The van der Waals surface area contributed by atoms with Gasteiger partial charge in [0.2, 0.25) is 0 Å². The SMILES string of the molecule is CS/C(=C\c1cccs1)S(C)=O. The summed E-state index contributed by atoms with van der Waals surface area (Å²) in [6.45, 7) is 0. The van der Waals surface area contributed by atoms with Crippen molar-refractivity contribution in [2.45, 2.75) is 0 Å². The molecule has 1 aromatic heterocycles. The van der Waals surface area contributed by atoms with E-state index in [4.69, 9.17) is 0 Å². The van der Waals surface area contributed by atoms with Gasteiger partial charge in [-0.25, -0.2) is 0 Å². The Balaban J connectivity index is 2.85. The van der Waals surface area contributed by atoms with E-state index in [1.165, 1.54) is 0 Å². The molecule has 0 saturated carbocycles. The van der Waals surface area contributed by atoms with Gasteiger partial charge in [-0.05, 0) is 23.8 Å². The molecule has 0 amide bonds. The maximum absolute atomic E-state index is 11.1. The highest BCUT2D eigenvalue weighted by molar-refractivity contribution is 8.16. The largest absolute Gasteiger partial charge is 0.254 e. The van der Waals surface area contributed by atoms with Gasteiger partial charge >= 0.3 is 0 Å². The molecule has 1 rings (SSSR count). The van der Waals surface area contributed by atoms with E-state index in [0.717, 1.165) is 9.11 Å². The van der Waals surface area contributed by atoms with E-state index in [9.17, 15) is 4.21 Å². The quantitative estimate of drug-likeness (QED) is 0.776. The van der Waals surface area contributed by atoms with Crippen molar-refractivity contribution in [2.75, 3.05) is 12.5 Å². The molecule has 12 heavy (non-hydrogen) atoms. The molecule has 1 unspecified atom stereocenters. The summed E-state index contributed by atoms with van der Waals surface area (Å²) in [4.78, 5) is 1.16. The normalized spacial score (nSPS) is 14.7. The van der Waals surface area contributed by atoms with E-state index < -0.39 is 10.8 Å². The van der Waals surface area contributed by atoms with E-state index >= 15 is 0 Å². The maximum atomic E-state index is 11.1. The van der Waals surface area contributed by atoms with Gasteiger partial charge in [-0.15, -0.1) is 23.1 Å². The lowest BCUT2D eigenvalue weighted by molar-refractivity contribution is 0.691. The van der Waals surface area contributed by atoms with Crippen LogP contribution in [0.15, 0.2) is 21.7 Å². The Morgan fingerprint density at radius 1 is 1.75 bits per heavy atom. The van der Waals surface area contributed by atoms with Crippen molar-refractivity contribution < 1.29 is 4.21 Å². The summed E-state index contributed by atoms with van der Waals surface area (Å²) >= 11 is 3.20. The zero-order valence-corrected chi connectivity index (χ0v) is 9.39. The first-order valence-electron chi connectivity index (χ1n) is 3.36. The first kappa shape index (κ1) is 10.0. The maximum Gasteiger partial charge on any atom is 0.0724 e. The van der Waals surface area contributed by atoms with Gasteiger partial charge in [-0.3, -0.25) is 4.21 Å². The van der Waals surface area contributed by atoms with Crippen LogP contribution in [0.2, 0.25) is 0 Å². The summed E-state index contributed by atoms with van der Waals surface area (Å²) in [5, 5.41) is 2.02. The molecule has 0 aliphatic carbocycles. The lowest BCUT2D eigenvalue weighted by Gasteiger charge is -1.96. The average Bonchev–Trinajstić information content (AvgIpc) is 2.51. The third-order valence-electron chi connectivity index (χ3n) is 1.29. The number of rotatable bonds is 3. The Morgan fingerprint density at radius 3 is 2.92 bits per heavy atom. The Morgan fingerprint density at radius 2 is 2.50 bits per heavy atom. The minimum absolute atomic E-state index is 0.857. The van der Waals surface area contributed by atoms with Crippen molar-refractivity contribution >= 4 is 40.0 Å². The molecule has 1 aromatic rings. The van der Waals surface area contributed by atoms with Gasteiger partial charge in [0.05, 0.1) is 15.0 Å². The van der Waals surface area contributed by atoms with Gasteiger partial charge < -0.3 is 0 Å². The fraction of sp³-hybridized carbons (Fsp3) is 0.250. The Labute approximate surface area is 83.3 Å². The van der Waals surface area contributed by atoms with Gasteiger partial charge in [-0.2, -0.15) is 0 Å². The second kappa shape index (κ2) is 4.84. The molecule has 0 aliphatic rings. The summed E-state index contributed by atoms with van der Waals surface area (Å²) in [6, 6.07) is 4.01. The van der Waals surface area contributed by atoms with E-state index in [0.29, 0.717) is 0 Å². The predicted octanol–water partition coefficient (Wildman–Crippen LogP) is 2.79. The Hall–Kier alpha value is -0.0600. The van der Waals surface area contributed by atoms with Crippen LogP contribution in [0.25, 0.3) is 6.08 Å². The van der Waals surface area contributed by atoms with Crippen LogP contribution in [0.1, 0.15) is 4.88 Å². The Bertz CT molecular complexity index is 287. The smallest absolute Gasteiger partial charge is 0.0724 e. The van der Waals surface area contributed by atoms with Crippen molar-refractivity contribution in [3.05, 3.63) is 26.6 Å². The molecule has 0 N–H and O–H groups in total. The van der Waals surface area contributed by atoms with Crippen LogP contribution >= 0.6 is 23.1 Å². The molecule has 4 heteroatoms. The van der Waals surface area contributed by atoms with E-state index in [1.54, 1.807) is 29.4 Å². The molecule has 0 saturated heterocycles. The zero-order chi connectivity index (χ0) is 8.97. The molecule has 1 nitrogen and oxygen atoms in total. The summed E-state index contributed by atoms with van der Waals surface area (Å²) in [5.74, 6) is 0. The molecule has 1 heterocycles. The topological polar surface area (TPSA) is 17.1 Å². The van der Waals surface area contributed by atoms with Gasteiger partial charge in [0.15, 0.2) is 0 Å². The van der Waals surface area contributed by atoms with E-state index in [-0.39, 0.29) is 0 Å². The molecule has 0 fully saturated rings. The van der Waals surface area contributed by atoms with Crippen molar-refractivity contribution in [3.8, 4) is 0 Å². The highest BCUT2D eigenvalue weighted by atomic mass is 32.2. The fourth-order valence-corrected chi connectivity index (χ4v) is 3.03. The van der Waals surface area contributed by atoms with Crippen LogP contribution in [-0.2, 0) is 10.8 Å². The summed E-state index contributed by atoms with van der Waals surface area (Å²) < 4.78 is 12.1. The number of hydrogen-bond donors (Lipinski definition) is 0. The van der Waals surface area contributed by atoms with Crippen molar-refractivity contribution in [3.63, 3.8) is 0 Å². The van der Waals surface area contributed by atoms with Crippen molar-refractivity contribution in [1.82, 2.24) is 0 Å². The molecule has 0 aromatic carbocycles. The van der Waals surface area contributed by atoms with Crippen LogP contribution in [0.3, 0.4) is 0 Å². The highest BCUT2D eigenvalue weighted by Gasteiger charge is 1.99. The van der Waals surface area contributed by atoms with Gasteiger partial charge in [0.25, 0.3) is 0 Å². The molecule has 0 bridgehead atoms. The number of thioether (sulfide) groups is 1. The summed E-state index contributed by atoms with van der Waals surface area (Å²) in [5.41, 5.74) is 0. The van der Waals surface area contributed by atoms with Crippen LogP contribution < -0.4 is 0 Å². The second-order valence-electron chi connectivity index (χ2n) is 2.14. The molecule has 66 valence electrons. The zero-order valence-electron chi connectivity index (χ0n) is 6.94. The van der Waals surface area contributed by atoms with Crippen LogP contribution in [0.4, 0.5) is 0 Å². The minimum atomic E-state index is -0.857. The monoisotopic (exact) mass is 218 g/mol. The summed E-state index contributed by atoms with van der Waals surface area (Å²) in [6.07, 6.45) is 5.63. The van der Waals surface area contributed by atoms with Gasteiger partial charge in [-0.1, -0.05) is 6.07 Å². The minimum Gasteiger partial charge on any atom is -0.254 e. The second-order valence-corrected chi connectivity index (χ2v) is 5.57. The number of hydrogen-bond acceptors (Lipinski definition) is 3. The van der Waals surface area contributed by atoms with Crippen LogP contribution in [0.5, 0.6) is 0 Å². The molecule has 0 spiro atoms. The summed E-state index contributed by atoms with van der Waals surface area (Å²) in [7, 11) is -0.857. The van der Waals surface area contributed by atoms with Crippen LogP contribution in [0, 0.1) is 0 Å². The molecule has 1 atom stereocenters. The lowest BCUT2D eigenvalue weighted by Crippen LogP contribution is -1.85. The highest BCUT2D eigenvalue weighted by Crippen LogP contribution is 2.21. The Kier molecular flexibility index (Phi) is 4.05. The standard InChI is InChI=1S/C8H10OS3/c1-10-8(12(2)9)6-7-4-3-5-11-7/h3-6H,1-2H3/b8-6+. The lowest BCUT2D eigenvalue weighted by atomic mass is 10.5. The van der Waals surface area contributed by atoms with E-state index in [2.05, 4.69) is 0 Å². The first-order valence-corrected chi connectivity index (χ1v) is 7.03. The van der Waals surface area contributed by atoms with Gasteiger partial charge in [0.1, 0.15) is 0 Å². The third kappa shape index (κ3) is 2.77. The number of thiophene rings is 1. The van der Waals surface area contributed by atoms with Crippen molar-refractivity contribution in [1.29, 1.82) is 0 Å².